The molecule has 1 aromatic carbocycles. The maximum atomic E-state index is 11.9. The molecule has 0 aromatic heterocycles. The Balaban J connectivity index is 1.85. The maximum Gasteiger partial charge on any atom is 0.253 e. The summed E-state index contributed by atoms with van der Waals surface area (Å²) in [7, 11) is 0. The molecule has 0 spiro atoms. The first-order valence-electron chi connectivity index (χ1n) is 6.08. The van der Waals surface area contributed by atoms with Gasteiger partial charge in [0, 0.05) is 30.5 Å². The number of rotatable bonds is 4. The molecule has 3 N–H and O–H groups in total. The second-order valence-corrected chi connectivity index (χ2v) is 4.94. The number of carbonyl (C=O) groups is 1. The number of hydrogen-bond donors (Lipinski definition) is 2. The minimum Gasteiger partial charge on any atom is -0.398 e. The van der Waals surface area contributed by atoms with E-state index in [1.165, 1.54) is 0 Å². The summed E-state index contributed by atoms with van der Waals surface area (Å²) in [4.78, 5) is 11.9. The van der Waals surface area contributed by atoms with Crippen LogP contribution in [0.1, 0.15) is 23.2 Å². The molecule has 1 saturated heterocycles. The smallest absolute Gasteiger partial charge is 0.253 e. The standard InChI is InChI=1S/C13H17ClN2O2/c14-10-1-2-12(15)11(7-10)13(17)16-5-3-9-4-6-18-8-9/h1-2,7,9H,3-6,8,15H2,(H,16,17). The normalized spacial score (nSPS) is 18.8. The molecule has 0 bridgehead atoms. The molecule has 1 aliphatic heterocycles. The van der Waals surface area contributed by atoms with Crippen molar-refractivity contribution in [3.8, 4) is 0 Å². The van der Waals surface area contributed by atoms with Crippen molar-refractivity contribution < 1.29 is 9.53 Å². The Labute approximate surface area is 111 Å². The van der Waals surface area contributed by atoms with Crippen molar-refractivity contribution in [1.29, 1.82) is 0 Å². The van der Waals surface area contributed by atoms with Crippen LogP contribution in [0, 0.1) is 5.92 Å². The molecule has 98 valence electrons. The van der Waals surface area contributed by atoms with Gasteiger partial charge in [0.05, 0.1) is 5.56 Å². The Bertz CT molecular complexity index is 431. The van der Waals surface area contributed by atoms with Gasteiger partial charge in [-0.15, -0.1) is 0 Å². The second kappa shape index (κ2) is 6.07. The van der Waals surface area contributed by atoms with E-state index in [1.807, 2.05) is 0 Å². The lowest BCUT2D eigenvalue weighted by molar-refractivity contribution is 0.0951. The number of anilines is 1. The average molecular weight is 269 g/mol. The SMILES string of the molecule is Nc1ccc(Cl)cc1C(=O)NCCC1CCOC1. The summed E-state index contributed by atoms with van der Waals surface area (Å²) in [6, 6.07) is 4.90. The molecule has 1 heterocycles. The van der Waals surface area contributed by atoms with Crippen LogP contribution in [-0.2, 0) is 4.74 Å². The number of nitrogens with two attached hydrogens (primary N) is 1. The second-order valence-electron chi connectivity index (χ2n) is 4.51. The van der Waals surface area contributed by atoms with E-state index >= 15 is 0 Å². The summed E-state index contributed by atoms with van der Waals surface area (Å²) in [5.41, 5.74) is 6.63. The number of carbonyl (C=O) groups excluding carboxylic acids is 1. The third-order valence-electron chi connectivity index (χ3n) is 3.12. The van der Waals surface area contributed by atoms with Crippen molar-refractivity contribution in [2.24, 2.45) is 5.92 Å². The van der Waals surface area contributed by atoms with Crippen molar-refractivity contribution in [2.75, 3.05) is 25.5 Å². The van der Waals surface area contributed by atoms with E-state index in [0.717, 1.165) is 26.1 Å². The average Bonchev–Trinajstić information content (AvgIpc) is 2.85. The lowest BCUT2D eigenvalue weighted by Crippen LogP contribution is -2.26. The van der Waals surface area contributed by atoms with Crippen LogP contribution >= 0.6 is 11.6 Å². The Morgan fingerprint density at radius 1 is 1.56 bits per heavy atom. The highest BCUT2D eigenvalue weighted by Crippen LogP contribution is 2.18. The number of halogens is 1. The molecular formula is C13H17ClN2O2. The molecule has 1 amide bonds. The number of nitrogens with one attached hydrogen (secondary N) is 1. The van der Waals surface area contributed by atoms with Crippen LogP contribution in [0.25, 0.3) is 0 Å². The van der Waals surface area contributed by atoms with Gasteiger partial charge >= 0.3 is 0 Å². The van der Waals surface area contributed by atoms with Crippen LogP contribution in [0.15, 0.2) is 18.2 Å². The minimum absolute atomic E-state index is 0.172. The Hall–Kier alpha value is -1.26. The molecule has 18 heavy (non-hydrogen) atoms. The Kier molecular flexibility index (Phi) is 4.44. The first kappa shape index (κ1) is 13.2. The zero-order chi connectivity index (χ0) is 13.0. The van der Waals surface area contributed by atoms with E-state index in [4.69, 9.17) is 22.1 Å². The Morgan fingerprint density at radius 3 is 3.11 bits per heavy atom. The highest BCUT2D eigenvalue weighted by atomic mass is 35.5. The minimum atomic E-state index is -0.172. The molecule has 2 rings (SSSR count). The van der Waals surface area contributed by atoms with Gasteiger partial charge in [0.1, 0.15) is 0 Å². The van der Waals surface area contributed by atoms with Gasteiger partial charge in [0.25, 0.3) is 5.91 Å². The summed E-state index contributed by atoms with van der Waals surface area (Å²) in [5, 5.41) is 3.37. The van der Waals surface area contributed by atoms with Crippen molar-refractivity contribution in [2.45, 2.75) is 12.8 Å². The number of benzene rings is 1. The van der Waals surface area contributed by atoms with Gasteiger partial charge in [0.2, 0.25) is 0 Å². The molecule has 1 fully saturated rings. The van der Waals surface area contributed by atoms with Crippen LogP contribution in [-0.4, -0.2) is 25.7 Å². The van der Waals surface area contributed by atoms with E-state index in [-0.39, 0.29) is 5.91 Å². The van der Waals surface area contributed by atoms with E-state index < -0.39 is 0 Å². The fraction of sp³-hybridized carbons (Fsp3) is 0.462. The molecule has 4 nitrogen and oxygen atoms in total. The first-order chi connectivity index (χ1) is 8.66. The molecule has 1 atom stereocenters. The molecule has 1 aliphatic rings. The molecule has 1 unspecified atom stereocenters. The van der Waals surface area contributed by atoms with Gasteiger partial charge in [-0.1, -0.05) is 11.6 Å². The predicted octanol–water partition coefficient (Wildman–Crippen LogP) is 2.08. The Morgan fingerprint density at radius 2 is 2.39 bits per heavy atom. The lowest BCUT2D eigenvalue weighted by Gasteiger charge is -2.10. The van der Waals surface area contributed by atoms with Gasteiger partial charge in [-0.3, -0.25) is 4.79 Å². The summed E-state index contributed by atoms with van der Waals surface area (Å²) in [5.74, 6) is 0.385. The fourth-order valence-electron chi connectivity index (χ4n) is 2.02. The van der Waals surface area contributed by atoms with Crippen LogP contribution in [0.4, 0.5) is 5.69 Å². The zero-order valence-corrected chi connectivity index (χ0v) is 10.9. The molecule has 0 radical (unpaired) electrons. The van der Waals surface area contributed by atoms with Gasteiger partial charge in [-0.05, 0) is 37.0 Å². The van der Waals surface area contributed by atoms with Gasteiger partial charge < -0.3 is 15.8 Å². The predicted molar refractivity (Wildman–Crippen MR) is 71.7 cm³/mol. The van der Waals surface area contributed by atoms with Crippen molar-refractivity contribution in [3.05, 3.63) is 28.8 Å². The molecule has 1 aromatic rings. The number of amides is 1. The third kappa shape index (κ3) is 3.37. The van der Waals surface area contributed by atoms with Crippen LogP contribution in [0.2, 0.25) is 5.02 Å². The maximum absolute atomic E-state index is 11.9. The van der Waals surface area contributed by atoms with E-state index in [2.05, 4.69) is 5.32 Å². The van der Waals surface area contributed by atoms with Gasteiger partial charge in [0.15, 0.2) is 0 Å². The summed E-state index contributed by atoms with van der Waals surface area (Å²) >= 11 is 5.85. The summed E-state index contributed by atoms with van der Waals surface area (Å²) in [6.45, 7) is 2.27. The van der Waals surface area contributed by atoms with E-state index in [1.54, 1.807) is 18.2 Å². The zero-order valence-electron chi connectivity index (χ0n) is 10.1. The summed E-state index contributed by atoms with van der Waals surface area (Å²) < 4.78 is 5.28. The van der Waals surface area contributed by atoms with Crippen LogP contribution in [0.5, 0.6) is 0 Å². The highest BCUT2D eigenvalue weighted by molar-refractivity contribution is 6.31. The number of hydrogen-bond acceptors (Lipinski definition) is 3. The number of nitrogen functional groups attached to an aromatic ring is 1. The molecule has 5 heteroatoms. The molecule has 0 aliphatic carbocycles. The summed E-state index contributed by atoms with van der Waals surface area (Å²) in [6.07, 6.45) is 2.02. The van der Waals surface area contributed by atoms with Crippen molar-refractivity contribution >= 4 is 23.2 Å². The lowest BCUT2D eigenvalue weighted by atomic mass is 10.1. The van der Waals surface area contributed by atoms with Gasteiger partial charge in [-0.2, -0.15) is 0 Å². The van der Waals surface area contributed by atoms with E-state index in [9.17, 15) is 4.79 Å². The monoisotopic (exact) mass is 268 g/mol. The quantitative estimate of drug-likeness (QED) is 0.822. The number of ether oxygens (including phenoxy) is 1. The topological polar surface area (TPSA) is 64.4 Å². The molecular weight excluding hydrogens is 252 g/mol. The van der Waals surface area contributed by atoms with Crippen LogP contribution in [0.3, 0.4) is 0 Å². The van der Waals surface area contributed by atoms with Crippen molar-refractivity contribution in [3.63, 3.8) is 0 Å². The molecule has 0 saturated carbocycles. The van der Waals surface area contributed by atoms with Gasteiger partial charge in [-0.25, -0.2) is 0 Å². The van der Waals surface area contributed by atoms with E-state index in [0.29, 0.717) is 28.7 Å². The largest absolute Gasteiger partial charge is 0.398 e. The third-order valence-corrected chi connectivity index (χ3v) is 3.36. The van der Waals surface area contributed by atoms with Crippen LogP contribution < -0.4 is 11.1 Å². The fourth-order valence-corrected chi connectivity index (χ4v) is 2.19. The van der Waals surface area contributed by atoms with Crippen molar-refractivity contribution in [1.82, 2.24) is 5.32 Å². The first-order valence-corrected chi connectivity index (χ1v) is 6.45. The highest BCUT2D eigenvalue weighted by Gasteiger charge is 2.16.